The topological polar surface area (TPSA) is 57.8 Å². The van der Waals surface area contributed by atoms with E-state index in [1.807, 2.05) is 38.1 Å². The third kappa shape index (κ3) is 2.53. The fourth-order valence-electron chi connectivity index (χ4n) is 1.60. The van der Waals surface area contributed by atoms with Crippen LogP contribution in [0.15, 0.2) is 24.3 Å². The van der Waals surface area contributed by atoms with E-state index in [-0.39, 0.29) is 5.91 Å². The normalized spacial score (nSPS) is 10.3. The van der Waals surface area contributed by atoms with Crippen molar-refractivity contribution in [3.63, 3.8) is 0 Å². The standard InChI is InChI=1S/C13H15N3O/c1-8-9(2)15-13(14-8)11-4-6-12(7-5-11)16-10(3)17/h4-7H,1-3H3,(H,14,15)(H,16,17). The highest BCUT2D eigenvalue weighted by molar-refractivity contribution is 5.88. The number of benzene rings is 1. The first-order valence-corrected chi connectivity index (χ1v) is 5.47. The lowest BCUT2D eigenvalue weighted by molar-refractivity contribution is -0.114. The van der Waals surface area contributed by atoms with Gasteiger partial charge in [-0.15, -0.1) is 0 Å². The molecule has 0 aliphatic carbocycles. The first-order chi connectivity index (χ1) is 8.06. The van der Waals surface area contributed by atoms with Gasteiger partial charge >= 0.3 is 0 Å². The number of nitrogens with zero attached hydrogens (tertiary/aromatic N) is 1. The number of aromatic nitrogens is 2. The van der Waals surface area contributed by atoms with E-state index in [9.17, 15) is 4.79 Å². The molecule has 2 aromatic rings. The number of hydrogen-bond acceptors (Lipinski definition) is 2. The Morgan fingerprint density at radius 3 is 2.35 bits per heavy atom. The van der Waals surface area contributed by atoms with E-state index < -0.39 is 0 Å². The van der Waals surface area contributed by atoms with Gasteiger partial charge in [-0.1, -0.05) is 0 Å². The van der Waals surface area contributed by atoms with Gasteiger partial charge in [0.05, 0.1) is 5.69 Å². The number of hydrogen-bond donors (Lipinski definition) is 2. The largest absolute Gasteiger partial charge is 0.342 e. The summed E-state index contributed by atoms with van der Waals surface area (Å²) in [5.41, 5.74) is 3.88. The van der Waals surface area contributed by atoms with Gasteiger partial charge in [0.1, 0.15) is 5.82 Å². The number of carbonyl (C=O) groups excluding carboxylic acids is 1. The molecule has 0 spiro atoms. The molecule has 0 fully saturated rings. The smallest absolute Gasteiger partial charge is 0.221 e. The third-order valence-electron chi connectivity index (χ3n) is 2.61. The summed E-state index contributed by atoms with van der Waals surface area (Å²) in [6, 6.07) is 7.60. The summed E-state index contributed by atoms with van der Waals surface area (Å²) in [6.45, 7) is 5.46. The number of aromatic amines is 1. The molecule has 0 radical (unpaired) electrons. The maximum Gasteiger partial charge on any atom is 0.221 e. The Balaban J connectivity index is 2.26. The Kier molecular flexibility index (Phi) is 2.95. The zero-order valence-corrected chi connectivity index (χ0v) is 10.2. The Morgan fingerprint density at radius 2 is 1.88 bits per heavy atom. The summed E-state index contributed by atoms with van der Waals surface area (Å²) in [7, 11) is 0. The lowest BCUT2D eigenvalue weighted by Crippen LogP contribution is -2.05. The second kappa shape index (κ2) is 4.41. The molecule has 1 aromatic heterocycles. The number of anilines is 1. The van der Waals surface area contributed by atoms with Crippen LogP contribution in [0.2, 0.25) is 0 Å². The van der Waals surface area contributed by atoms with Crippen LogP contribution in [0.25, 0.3) is 11.4 Å². The van der Waals surface area contributed by atoms with E-state index in [1.54, 1.807) is 0 Å². The number of carbonyl (C=O) groups is 1. The maximum absolute atomic E-state index is 10.9. The minimum absolute atomic E-state index is 0.0672. The van der Waals surface area contributed by atoms with Crippen LogP contribution in [-0.2, 0) is 4.79 Å². The molecule has 1 aromatic carbocycles. The van der Waals surface area contributed by atoms with Crippen molar-refractivity contribution in [2.45, 2.75) is 20.8 Å². The summed E-state index contributed by atoms with van der Waals surface area (Å²) >= 11 is 0. The van der Waals surface area contributed by atoms with E-state index in [1.165, 1.54) is 6.92 Å². The highest BCUT2D eigenvalue weighted by Gasteiger charge is 2.05. The fraction of sp³-hybridized carbons (Fsp3) is 0.231. The molecule has 4 nitrogen and oxygen atoms in total. The van der Waals surface area contributed by atoms with Gasteiger partial charge in [-0.05, 0) is 38.1 Å². The Bertz CT molecular complexity index is 521. The number of nitrogens with one attached hydrogen (secondary N) is 2. The van der Waals surface area contributed by atoms with E-state index >= 15 is 0 Å². The molecule has 1 amide bonds. The van der Waals surface area contributed by atoms with Crippen molar-refractivity contribution < 1.29 is 4.79 Å². The van der Waals surface area contributed by atoms with E-state index in [2.05, 4.69) is 15.3 Å². The maximum atomic E-state index is 10.9. The van der Waals surface area contributed by atoms with Crippen molar-refractivity contribution in [3.8, 4) is 11.4 Å². The summed E-state index contributed by atoms with van der Waals surface area (Å²) < 4.78 is 0. The highest BCUT2D eigenvalue weighted by atomic mass is 16.1. The summed E-state index contributed by atoms with van der Waals surface area (Å²) in [6.07, 6.45) is 0. The van der Waals surface area contributed by atoms with Gasteiger partial charge in [0, 0.05) is 23.9 Å². The van der Waals surface area contributed by atoms with Crippen LogP contribution in [-0.4, -0.2) is 15.9 Å². The van der Waals surface area contributed by atoms with Crippen LogP contribution in [0.1, 0.15) is 18.3 Å². The molecule has 88 valence electrons. The second-order valence-electron chi connectivity index (χ2n) is 4.05. The van der Waals surface area contributed by atoms with Crippen molar-refractivity contribution in [1.29, 1.82) is 0 Å². The summed E-state index contributed by atoms with van der Waals surface area (Å²) in [5.74, 6) is 0.789. The molecular formula is C13H15N3O. The zero-order chi connectivity index (χ0) is 12.4. The molecule has 2 N–H and O–H groups in total. The molecule has 0 atom stereocenters. The van der Waals surface area contributed by atoms with Gasteiger partial charge in [0.25, 0.3) is 0 Å². The van der Waals surface area contributed by atoms with Crippen molar-refractivity contribution in [2.75, 3.05) is 5.32 Å². The fourth-order valence-corrected chi connectivity index (χ4v) is 1.60. The van der Waals surface area contributed by atoms with Gasteiger partial charge < -0.3 is 10.3 Å². The SMILES string of the molecule is CC(=O)Nc1ccc(-c2nc(C)c(C)[nH]2)cc1. The lowest BCUT2D eigenvalue weighted by Gasteiger charge is -2.02. The Hall–Kier alpha value is -2.10. The zero-order valence-electron chi connectivity index (χ0n) is 10.2. The number of H-pyrrole nitrogens is 1. The average Bonchev–Trinajstić information content (AvgIpc) is 2.59. The van der Waals surface area contributed by atoms with Crippen LogP contribution in [0, 0.1) is 13.8 Å². The van der Waals surface area contributed by atoms with Crippen molar-refractivity contribution in [2.24, 2.45) is 0 Å². The summed E-state index contributed by atoms with van der Waals surface area (Å²) in [4.78, 5) is 18.5. The minimum atomic E-state index is -0.0672. The molecule has 0 aliphatic heterocycles. The number of rotatable bonds is 2. The summed E-state index contributed by atoms with van der Waals surface area (Å²) in [5, 5.41) is 2.73. The van der Waals surface area contributed by atoms with Crippen LogP contribution in [0.4, 0.5) is 5.69 Å². The third-order valence-corrected chi connectivity index (χ3v) is 2.61. The van der Waals surface area contributed by atoms with E-state index in [0.29, 0.717) is 0 Å². The Labute approximate surface area is 100 Å². The second-order valence-corrected chi connectivity index (χ2v) is 4.05. The Morgan fingerprint density at radius 1 is 1.24 bits per heavy atom. The molecule has 1 heterocycles. The quantitative estimate of drug-likeness (QED) is 0.831. The molecule has 4 heteroatoms. The molecule has 0 bridgehead atoms. The van der Waals surface area contributed by atoms with Gasteiger partial charge in [0.2, 0.25) is 5.91 Å². The highest BCUT2D eigenvalue weighted by Crippen LogP contribution is 2.19. The van der Waals surface area contributed by atoms with Gasteiger partial charge in [0.15, 0.2) is 0 Å². The van der Waals surface area contributed by atoms with Gasteiger partial charge in [-0.2, -0.15) is 0 Å². The number of aryl methyl sites for hydroxylation is 2. The first-order valence-electron chi connectivity index (χ1n) is 5.47. The molecular weight excluding hydrogens is 214 g/mol. The van der Waals surface area contributed by atoms with Gasteiger partial charge in [-0.25, -0.2) is 4.98 Å². The van der Waals surface area contributed by atoms with Crippen LogP contribution < -0.4 is 5.32 Å². The minimum Gasteiger partial charge on any atom is -0.342 e. The molecule has 0 saturated carbocycles. The van der Waals surface area contributed by atoms with Crippen molar-refractivity contribution >= 4 is 11.6 Å². The van der Waals surface area contributed by atoms with Crippen molar-refractivity contribution in [1.82, 2.24) is 9.97 Å². The predicted octanol–water partition coefficient (Wildman–Crippen LogP) is 2.65. The van der Waals surface area contributed by atoms with E-state index in [4.69, 9.17) is 0 Å². The molecule has 0 saturated heterocycles. The van der Waals surface area contributed by atoms with Crippen LogP contribution in [0.3, 0.4) is 0 Å². The van der Waals surface area contributed by atoms with Crippen LogP contribution >= 0.6 is 0 Å². The molecule has 0 aliphatic rings. The molecule has 2 rings (SSSR count). The molecule has 0 unspecified atom stereocenters. The monoisotopic (exact) mass is 229 g/mol. The van der Waals surface area contributed by atoms with Crippen molar-refractivity contribution in [3.05, 3.63) is 35.7 Å². The number of imidazole rings is 1. The van der Waals surface area contributed by atoms with Gasteiger partial charge in [-0.3, -0.25) is 4.79 Å². The lowest BCUT2D eigenvalue weighted by atomic mass is 10.2. The predicted molar refractivity (Wildman–Crippen MR) is 67.8 cm³/mol. The average molecular weight is 229 g/mol. The first kappa shape index (κ1) is 11.4. The number of amides is 1. The van der Waals surface area contributed by atoms with E-state index in [0.717, 1.165) is 28.5 Å². The molecule has 17 heavy (non-hydrogen) atoms. The van der Waals surface area contributed by atoms with Crippen LogP contribution in [0.5, 0.6) is 0 Å².